The van der Waals surface area contributed by atoms with Crippen LogP contribution in [0.4, 0.5) is 0 Å². The maximum absolute atomic E-state index is 12.4. The Kier molecular flexibility index (Phi) is 5.98. The van der Waals surface area contributed by atoms with Gasteiger partial charge in [0.2, 0.25) is 5.91 Å². The number of amides is 1. The van der Waals surface area contributed by atoms with Crippen molar-refractivity contribution in [2.75, 3.05) is 44.3 Å². The van der Waals surface area contributed by atoms with E-state index in [1.165, 1.54) is 0 Å². The summed E-state index contributed by atoms with van der Waals surface area (Å²) >= 11 is 0. The molecule has 0 saturated carbocycles. The van der Waals surface area contributed by atoms with Gasteiger partial charge in [-0.15, -0.1) is 0 Å². The zero-order chi connectivity index (χ0) is 18.6. The van der Waals surface area contributed by atoms with E-state index < -0.39 is 9.84 Å². The zero-order valence-electron chi connectivity index (χ0n) is 15.1. The highest BCUT2D eigenvalue weighted by Crippen LogP contribution is 2.19. The molecule has 2 saturated heterocycles. The third kappa shape index (κ3) is 4.86. The Morgan fingerprint density at radius 1 is 1.19 bits per heavy atom. The maximum atomic E-state index is 12.4. The highest BCUT2D eigenvalue weighted by molar-refractivity contribution is 7.91. The van der Waals surface area contributed by atoms with Crippen molar-refractivity contribution in [1.82, 2.24) is 9.80 Å². The van der Waals surface area contributed by atoms with Gasteiger partial charge in [0, 0.05) is 38.3 Å². The maximum Gasteiger partial charge on any atom is 0.246 e. The van der Waals surface area contributed by atoms with E-state index in [1.54, 1.807) is 6.08 Å². The first-order chi connectivity index (χ1) is 12.5. The van der Waals surface area contributed by atoms with Gasteiger partial charge in [0.15, 0.2) is 9.84 Å². The SMILES string of the molecule is CCOc1ccc(/C=C/C(=O)N2CCN(C3CCS(=O)(=O)C3)CC2)cc1. The lowest BCUT2D eigenvalue weighted by Gasteiger charge is -2.37. The molecule has 2 aliphatic rings. The second-order valence-corrected chi connectivity index (χ2v) is 8.98. The normalized spacial score (nSPS) is 23.4. The second kappa shape index (κ2) is 8.22. The van der Waals surface area contributed by atoms with Gasteiger partial charge < -0.3 is 9.64 Å². The molecule has 7 heteroatoms. The number of hydrogen-bond acceptors (Lipinski definition) is 5. The first kappa shape index (κ1) is 18.9. The second-order valence-electron chi connectivity index (χ2n) is 6.75. The molecule has 26 heavy (non-hydrogen) atoms. The summed E-state index contributed by atoms with van der Waals surface area (Å²) in [4.78, 5) is 16.4. The standard InChI is InChI=1S/C19H26N2O4S/c1-2-25-18-6-3-16(4-7-18)5-8-19(22)21-12-10-20(11-13-21)17-9-14-26(23,24)15-17/h3-8,17H,2,9-15H2,1H3/b8-5+. The molecule has 0 spiro atoms. The van der Waals surface area contributed by atoms with Gasteiger partial charge in [0.05, 0.1) is 18.1 Å². The summed E-state index contributed by atoms with van der Waals surface area (Å²) in [6.45, 7) is 5.34. The van der Waals surface area contributed by atoms with Crippen molar-refractivity contribution in [2.45, 2.75) is 19.4 Å². The van der Waals surface area contributed by atoms with Crippen molar-refractivity contribution < 1.29 is 17.9 Å². The number of carbonyl (C=O) groups is 1. The molecule has 0 aliphatic carbocycles. The number of benzene rings is 1. The molecular formula is C19H26N2O4S. The van der Waals surface area contributed by atoms with Crippen LogP contribution in [-0.4, -0.2) is 74.5 Å². The van der Waals surface area contributed by atoms with E-state index in [0.717, 1.165) is 24.4 Å². The molecule has 0 N–H and O–H groups in total. The predicted octanol–water partition coefficient (Wildman–Crippen LogP) is 1.43. The molecule has 2 fully saturated rings. The van der Waals surface area contributed by atoms with Crippen LogP contribution in [0.3, 0.4) is 0 Å². The van der Waals surface area contributed by atoms with Gasteiger partial charge in [-0.05, 0) is 37.1 Å². The van der Waals surface area contributed by atoms with Crippen LogP contribution in [0.5, 0.6) is 5.75 Å². The molecule has 1 amide bonds. The number of piperazine rings is 1. The molecule has 1 unspecified atom stereocenters. The fraction of sp³-hybridized carbons (Fsp3) is 0.526. The van der Waals surface area contributed by atoms with Gasteiger partial charge in [0.1, 0.15) is 5.75 Å². The van der Waals surface area contributed by atoms with Gasteiger partial charge in [-0.2, -0.15) is 0 Å². The van der Waals surface area contributed by atoms with Crippen LogP contribution in [-0.2, 0) is 14.6 Å². The summed E-state index contributed by atoms with van der Waals surface area (Å²) in [5.74, 6) is 1.37. The predicted molar refractivity (Wildman–Crippen MR) is 102 cm³/mol. The lowest BCUT2D eigenvalue weighted by molar-refractivity contribution is -0.127. The molecule has 142 valence electrons. The van der Waals surface area contributed by atoms with Crippen molar-refractivity contribution in [1.29, 1.82) is 0 Å². The van der Waals surface area contributed by atoms with Crippen LogP contribution in [0.2, 0.25) is 0 Å². The Morgan fingerprint density at radius 2 is 1.88 bits per heavy atom. The number of carbonyl (C=O) groups excluding carboxylic acids is 1. The van der Waals surface area contributed by atoms with Crippen LogP contribution in [0.15, 0.2) is 30.3 Å². The molecule has 0 radical (unpaired) electrons. The Bertz CT molecular complexity index is 750. The Labute approximate surface area is 155 Å². The fourth-order valence-electron chi connectivity index (χ4n) is 3.49. The Balaban J connectivity index is 1.49. The van der Waals surface area contributed by atoms with E-state index in [4.69, 9.17) is 4.74 Å². The summed E-state index contributed by atoms with van der Waals surface area (Å²) in [6.07, 6.45) is 4.13. The number of rotatable bonds is 5. The van der Waals surface area contributed by atoms with Gasteiger partial charge in [-0.1, -0.05) is 12.1 Å². The highest BCUT2D eigenvalue weighted by atomic mass is 32.2. The average Bonchev–Trinajstić information content (AvgIpc) is 3.01. The van der Waals surface area contributed by atoms with Gasteiger partial charge >= 0.3 is 0 Å². The minimum atomic E-state index is -2.86. The van der Waals surface area contributed by atoms with Gasteiger partial charge in [-0.3, -0.25) is 9.69 Å². The van der Waals surface area contributed by atoms with Gasteiger partial charge in [0.25, 0.3) is 0 Å². The van der Waals surface area contributed by atoms with E-state index in [0.29, 0.717) is 31.9 Å². The van der Waals surface area contributed by atoms with Crippen LogP contribution >= 0.6 is 0 Å². The molecule has 1 aromatic carbocycles. The summed E-state index contributed by atoms with van der Waals surface area (Å²) in [5, 5.41) is 0. The third-order valence-corrected chi connectivity index (χ3v) is 6.71. The van der Waals surface area contributed by atoms with E-state index in [9.17, 15) is 13.2 Å². The molecule has 2 aliphatic heterocycles. The fourth-order valence-corrected chi connectivity index (χ4v) is 5.25. The first-order valence-electron chi connectivity index (χ1n) is 9.11. The molecule has 0 bridgehead atoms. The average molecular weight is 378 g/mol. The number of ether oxygens (including phenoxy) is 1. The number of hydrogen-bond donors (Lipinski definition) is 0. The van der Waals surface area contributed by atoms with Crippen molar-refractivity contribution in [3.8, 4) is 5.75 Å². The molecule has 0 aromatic heterocycles. The van der Waals surface area contributed by atoms with Crippen molar-refractivity contribution in [2.24, 2.45) is 0 Å². The molecule has 1 atom stereocenters. The zero-order valence-corrected chi connectivity index (χ0v) is 16.0. The number of sulfone groups is 1. The van der Waals surface area contributed by atoms with Crippen LogP contribution in [0.1, 0.15) is 18.9 Å². The summed E-state index contributed by atoms with van der Waals surface area (Å²) in [7, 11) is -2.86. The topological polar surface area (TPSA) is 66.9 Å². The largest absolute Gasteiger partial charge is 0.494 e. The smallest absolute Gasteiger partial charge is 0.246 e. The minimum Gasteiger partial charge on any atom is -0.494 e. The van der Waals surface area contributed by atoms with Crippen LogP contribution in [0, 0.1) is 0 Å². The van der Waals surface area contributed by atoms with E-state index in [2.05, 4.69) is 4.90 Å². The summed E-state index contributed by atoms with van der Waals surface area (Å²) < 4.78 is 28.7. The minimum absolute atomic E-state index is 0.00224. The first-order valence-corrected chi connectivity index (χ1v) is 10.9. The Morgan fingerprint density at radius 3 is 2.46 bits per heavy atom. The third-order valence-electron chi connectivity index (χ3n) is 4.96. The van der Waals surface area contributed by atoms with Crippen LogP contribution in [0.25, 0.3) is 6.08 Å². The summed E-state index contributed by atoms with van der Waals surface area (Å²) in [5.41, 5.74) is 0.955. The Hall–Kier alpha value is -1.86. The van der Waals surface area contributed by atoms with Crippen molar-refractivity contribution in [3.63, 3.8) is 0 Å². The highest BCUT2D eigenvalue weighted by Gasteiger charge is 2.34. The monoisotopic (exact) mass is 378 g/mol. The molecule has 1 aromatic rings. The summed E-state index contributed by atoms with van der Waals surface area (Å²) in [6, 6.07) is 7.75. The van der Waals surface area contributed by atoms with E-state index in [-0.39, 0.29) is 17.7 Å². The van der Waals surface area contributed by atoms with E-state index >= 15 is 0 Å². The quantitative estimate of drug-likeness (QED) is 0.725. The number of nitrogens with zero attached hydrogens (tertiary/aromatic N) is 2. The van der Waals surface area contributed by atoms with Crippen molar-refractivity contribution >= 4 is 21.8 Å². The van der Waals surface area contributed by atoms with Gasteiger partial charge in [-0.25, -0.2) is 8.42 Å². The lowest BCUT2D eigenvalue weighted by Crippen LogP contribution is -2.52. The molecule has 3 rings (SSSR count). The van der Waals surface area contributed by atoms with Crippen molar-refractivity contribution in [3.05, 3.63) is 35.9 Å². The van der Waals surface area contributed by atoms with Crippen LogP contribution < -0.4 is 4.74 Å². The molecule has 2 heterocycles. The lowest BCUT2D eigenvalue weighted by atomic mass is 10.1. The van der Waals surface area contributed by atoms with E-state index in [1.807, 2.05) is 42.2 Å². The molecule has 6 nitrogen and oxygen atoms in total. The molecular weight excluding hydrogens is 352 g/mol.